The Balaban J connectivity index is 1.90. The summed E-state index contributed by atoms with van der Waals surface area (Å²) in [5.41, 5.74) is 1.67. The molecule has 1 aromatic heterocycles. The van der Waals surface area contributed by atoms with Crippen LogP contribution in [0.4, 0.5) is 5.69 Å². The average molecular weight is 420 g/mol. The fourth-order valence-electron chi connectivity index (χ4n) is 2.67. The number of hydrogen-bond acceptors (Lipinski definition) is 7. The van der Waals surface area contributed by atoms with Crippen LogP contribution in [-0.2, 0) is 4.79 Å². The summed E-state index contributed by atoms with van der Waals surface area (Å²) in [5, 5.41) is 11.1. The molecular formula is C22H20N4O3S. The molecule has 1 heterocycles. The number of aromatic nitrogens is 2. The number of nitrogens with zero attached hydrogens (tertiary/aromatic N) is 3. The normalized spacial score (nSPS) is 11.2. The third kappa shape index (κ3) is 5.49. The van der Waals surface area contributed by atoms with Crippen molar-refractivity contribution >= 4 is 23.4 Å². The Morgan fingerprint density at radius 2 is 1.70 bits per heavy atom. The van der Waals surface area contributed by atoms with Gasteiger partial charge in [0.2, 0.25) is 17.7 Å². The van der Waals surface area contributed by atoms with Gasteiger partial charge in [-0.05, 0) is 29.8 Å². The first-order valence-electron chi connectivity index (χ1n) is 9.08. The van der Waals surface area contributed by atoms with Gasteiger partial charge in [-0.15, -0.1) is 11.8 Å². The van der Waals surface area contributed by atoms with E-state index >= 15 is 0 Å². The summed E-state index contributed by atoms with van der Waals surface area (Å²) in [7, 11) is 3.10. The van der Waals surface area contributed by atoms with Gasteiger partial charge in [0.05, 0.1) is 31.6 Å². The summed E-state index contributed by atoms with van der Waals surface area (Å²) >= 11 is 1.57. The van der Waals surface area contributed by atoms with Crippen LogP contribution in [0.25, 0.3) is 0 Å². The van der Waals surface area contributed by atoms with Crippen LogP contribution in [0.1, 0.15) is 23.1 Å². The predicted molar refractivity (Wildman–Crippen MR) is 115 cm³/mol. The average Bonchev–Trinajstić information content (AvgIpc) is 2.78. The van der Waals surface area contributed by atoms with Crippen molar-refractivity contribution in [3.05, 3.63) is 72.1 Å². The fraction of sp³-hybridized carbons (Fsp3) is 0.182. The summed E-state index contributed by atoms with van der Waals surface area (Å²) in [4.78, 5) is 21.6. The molecular weight excluding hydrogens is 400 g/mol. The number of anilines is 1. The van der Waals surface area contributed by atoms with Gasteiger partial charge >= 0.3 is 0 Å². The highest BCUT2D eigenvalue weighted by Gasteiger charge is 2.21. The van der Waals surface area contributed by atoms with E-state index in [4.69, 9.17) is 14.7 Å². The second-order valence-electron chi connectivity index (χ2n) is 6.13. The van der Waals surface area contributed by atoms with Crippen LogP contribution in [0.2, 0.25) is 0 Å². The van der Waals surface area contributed by atoms with Gasteiger partial charge in [0.25, 0.3) is 0 Å². The molecule has 0 radical (unpaired) electrons. The number of rotatable bonds is 8. The number of ether oxygens (including phenoxy) is 2. The van der Waals surface area contributed by atoms with E-state index < -0.39 is 0 Å². The molecule has 8 heteroatoms. The van der Waals surface area contributed by atoms with E-state index in [1.54, 1.807) is 44.2 Å². The van der Waals surface area contributed by atoms with E-state index in [1.807, 2.05) is 48.5 Å². The number of methoxy groups -OCH3 is 2. The molecule has 0 saturated heterocycles. The van der Waals surface area contributed by atoms with Crippen molar-refractivity contribution in [3.8, 4) is 17.8 Å². The van der Waals surface area contributed by atoms with Crippen molar-refractivity contribution in [1.29, 1.82) is 5.26 Å². The number of nitriles is 1. The lowest BCUT2D eigenvalue weighted by Crippen LogP contribution is -2.09. The standard InChI is InChI=1S/C22H20N4O3S/c1-28-19-14-20(29-2)26-22(25-19)21(15-6-4-3-5-7-15)30-17-10-8-16(9-11-17)24-18(27)12-13-23/h3-11,14,21H,12H2,1-2H3,(H,24,27). The van der Waals surface area contributed by atoms with Crippen molar-refractivity contribution in [2.75, 3.05) is 19.5 Å². The number of amides is 1. The van der Waals surface area contributed by atoms with Gasteiger partial charge in [-0.2, -0.15) is 15.2 Å². The zero-order chi connectivity index (χ0) is 21.3. The van der Waals surface area contributed by atoms with E-state index in [0.717, 1.165) is 10.5 Å². The predicted octanol–water partition coefficient (Wildman–Crippen LogP) is 4.23. The Hall–Kier alpha value is -3.57. The molecule has 1 N–H and O–H groups in total. The van der Waals surface area contributed by atoms with Crippen LogP contribution in [0.5, 0.6) is 11.8 Å². The maximum atomic E-state index is 11.6. The summed E-state index contributed by atoms with van der Waals surface area (Å²) in [5.74, 6) is 1.08. The number of carbonyl (C=O) groups excluding carboxylic acids is 1. The molecule has 152 valence electrons. The number of benzene rings is 2. The molecule has 3 rings (SSSR count). The minimum Gasteiger partial charge on any atom is -0.481 e. The molecule has 2 aromatic carbocycles. The molecule has 0 aliphatic rings. The maximum absolute atomic E-state index is 11.6. The molecule has 30 heavy (non-hydrogen) atoms. The van der Waals surface area contributed by atoms with E-state index in [-0.39, 0.29) is 17.6 Å². The molecule has 0 aliphatic carbocycles. The minimum absolute atomic E-state index is 0.179. The molecule has 0 fully saturated rings. The monoisotopic (exact) mass is 420 g/mol. The Morgan fingerprint density at radius 1 is 1.07 bits per heavy atom. The largest absolute Gasteiger partial charge is 0.481 e. The van der Waals surface area contributed by atoms with Crippen LogP contribution in [0.15, 0.2) is 65.6 Å². The first-order valence-corrected chi connectivity index (χ1v) is 9.96. The van der Waals surface area contributed by atoms with Crippen molar-refractivity contribution in [3.63, 3.8) is 0 Å². The van der Waals surface area contributed by atoms with Crippen LogP contribution in [0, 0.1) is 11.3 Å². The van der Waals surface area contributed by atoms with Gasteiger partial charge in [0.15, 0.2) is 5.82 Å². The zero-order valence-electron chi connectivity index (χ0n) is 16.5. The van der Waals surface area contributed by atoms with Gasteiger partial charge in [0, 0.05) is 10.6 Å². The van der Waals surface area contributed by atoms with E-state index in [1.165, 1.54) is 0 Å². The lowest BCUT2D eigenvalue weighted by Gasteiger charge is -2.17. The number of carbonyl (C=O) groups is 1. The zero-order valence-corrected chi connectivity index (χ0v) is 17.3. The molecule has 0 bridgehead atoms. The highest BCUT2D eigenvalue weighted by molar-refractivity contribution is 7.99. The molecule has 7 nitrogen and oxygen atoms in total. The Kier molecular flexibility index (Phi) is 7.24. The first kappa shape index (κ1) is 21.1. The SMILES string of the molecule is COc1cc(OC)nc(C(Sc2ccc(NC(=O)CC#N)cc2)c2ccccc2)n1. The second kappa shape index (κ2) is 10.3. The second-order valence-corrected chi connectivity index (χ2v) is 7.31. The van der Waals surface area contributed by atoms with Crippen LogP contribution >= 0.6 is 11.8 Å². The highest BCUT2D eigenvalue weighted by Crippen LogP contribution is 2.40. The summed E-state index contributed by atoms with van der Waals surface area (Å²) in [6, 6.07) is 20.8. The lowest BCUT2D eigenvalue weighted by atomic mass is 10.1. The molecule has 1 atom stereocenters. The summed E-state index contributed by atoms with van der Waals surface area (Å²) in [6.45, 7) is 0. The van der Waals surface area contributed by atoms with Gasteiger partial charge in [0.1, 0.15) is 6.42 Å². The maximum Gasteiger partial charge on any atom is 0.238 e. The lowest BCUT2D eigenvalue weighted by molar-refractivity contribution is -0.115. The van der Waals surface area contributed by atoms with E-state index in [2.05, 4.69) is 15.3 Å². The minimum atomic E-state index is -0.336. The highest BCUT2D eigenvalue weighted by atomic mass is 32.2. The van der Waals surface area contributed by atoms with Crippen LogP contribution in [0.3, 0.4) is 0 Å². The topological polar surface area (TPSA) is 97.1 Å². The molecule has 1 amide bonds. The summed E-state index contributed by atoms with van der Waals surface area (Å²) < 4.78 is 10.6. The number of thioether (sulfide) groups is 1. The smallest absolute Gasteiger partial charge is 0.238 e. The number of nitrogens with one attached hydrogen (secondary N) is 1. The number of hydrogen-bond donors (Lipinski definition) is 1. The molecule has 0 aliphatic heterocycles. The van der Waals surface area contributed by atoms with Crippen LogP contribution in [-0.4, -0.2) is 30.1 Å². The first-order chi connectivity index (χ1) is 14.6. The Bertz CT molecular complexity index is 1010. The fourth-order valence-corrected chi connectivity index (χ4v) is 3.74. The molecule has 1 unspecified atom stereocenters. The third-order valence-corrected chi connectivity index (χ3v) is 5.35. The molecule has 0 saturated carbocycles. The van der Waals surface area contributed by atoms with Gasteiger partial charge in [-0.1, -0.05) is 30.3 Å². The van der Waals surface area contributed by atoms with Crippen molar-refractivity contribution in [1.82, 2.24) is 9.97 Å². The molecule has 0 spiro atoms. The van der Waals surface area contributed by atoms with Gasteiger partial charge < -0.3 is 14.8 Å². The Morgan fingerprint density at radius 3 is 2.27 bits per heavy atom. The van der Waals surface area contributed by atoms with Crippen LogP contribution < -0.4 is 14.8 Å². The van der Waals surface area contributed by atoms with Crippen molar-refractivity contribution in [2.45, 2.75) is 16.6 Å². The summed E-state index contributed by atoms with van der Waals surface area (Å²) in [6.07, 6.45) is -0.179. The Labute approximate surface area is 179 Å². The van der Waals surface area contributed by atoms with Crippen molar-refractivity contribution in [2.24, 2.45) is 0 Å². The van der Waals surface area contributed by atoms with Gasteiger partial charge in [-0.3, -0.25) is 4.79 Å². The van der Waals surface area contributed by atoms with E-state index in [0.29, 0.717) is 23.3 Å². The van der Waals surface area contributed by atoms with E-state index in [9.17, 15) is 4.79 Å². The molecule has 3 aromatic rings. The van der Waals surface area contributed by atoms with Gasteiger partial charge in [-0.25, -0.2) is 0 Å². The van der Waals surface area contributed by atoms with Crippen molar-refractivity contribution < 1.29 is 14.3 Å². The third-order valence-electron chi connectivity index (χ3n) is 4.08. The quantitative estimate of drug-likeness (QED) is 0.545.